The molecule has 3 atom stereocenters. The van der Waals surface area contributed by atoms with E-state index in [1.54, 1.807) is 4.90 Å². The highest BCUT2D eigenvalue weighted by Gasteiger charge is 2.71. The maximum absolute atomic E-state index is 12.1. The quantitative estimate of drug-likeness (QED) is 0.680. The van der Waals surface area contributed by atoms with Gasteiger partial charge in [0.2, 0.25) is 5.89 Å². The topological polar surface area (TPSA) is 92.3 Å². The Morgan fingerprint density at radius 2 is 2.36 bits per heavy atom. The first-order valence-corrected chi connectivity index (χ1v) is 7.72. The maximum atomic E-state index is 12.1. The van der Waals surface area contributed by atoms with E-state index >= 15 is 0 Å². The van der Waals surface area contributed by atoms with Gasteiger partial charge in [0.25, 0.3) is 0 Å². The van der Waals surface area contributed by atoms with E-state index < -0.39 is 11.0 Å². The van der Waals surface area contributed by atoms with E-state index in [0.29, 0.717) is 24.8 Å². The predicted octanol–water partition coefficient (Wildman–Crippen LogP) is 2.41. The number of piperidine rings is 1. The minimum atomic E-state index is -0.524. The Kier molecular flexibility index (Phi) is 3.43. The van der Waals surface area contributed by atoms with Gasteiger partial charge in [0.1, 0.15) is 11.5 Å². The van der Waals surface area contributed by atoms with Crippen LogP contribution in [0.15, 0.2) is 4.52 Å². The van der Waals surface area contributed by atoms with Crippen molar-refractivity contribution in [3.8, 4) is 0 Å². The molecule has 22 heavy (non-hydrogen) atoms. The Labute approximate surface area is 133 Å². The third-order valence-electron chi connectivity index (χ3n) is 4.24. The summed E-state index contributed by atoms with van der Waals surface area (Å²) in [6.07, 6.45) is 1.07. The van der Waals surface area contributed by atoms with Crippen LogP contribution in [0.5, 0.6) is 0 Å². The minimum absolute atomic E-state index is 0.0180. The molecule has 2 fully saturated rings. The number of nitrogens with zero attached hydrogens (tertiary/aromatic N) is 3. The van der Waals surface area contributed by atoms with Crippen LogP contribution in [0.25, 0.3) is 0 Å². The zero-order valence-corrected chi connectivity index (χ0v) is 13.6. The van der Waals surface area contributed by atoms with Crippen molar-refractivity contribution in [2.45, 2.75) is 38.2 Å². The summed E-state index contributed by atoms with van der Waals surface area (Å²) in [5, 5.41) is 11.7. The van der Waals surface area contributed by atoms with Crippen LogP contribution in [0.4, 0.5) is 4.79 Å². The Morgan fingerprint density at radius 3 is 2.86 bits per heavy atom. The van der Waals surface area contributed by atoms with E-state index in [4.69, 9.17) is 26.3 Å². The smallest absolute Gasteiger partial charge is 0.410 e. The number of hydrogen-bond acceptors (Lipinski definition) is 6. The molecule has 1 N–H and O–H groups in total. The molecule has 120 valence electrons. The third-order valence-corrected chi connectivity index (χ3v) is 4.47. The van der Waals surface area contributed by atoms with Crippen LogP contribution in [0, 0.1) is 16.7 Å². The zero-order chi connectivity index (χ0) is 16.1. The average Bonchev–Trinajstić information content (AvgIpc) is 2.84. The molecule has 1 aliphatic carbocycles. The van der Waals surface area contributed by atoms with Gasteiger partial charge >= 0.3 is 6.09 Å². The zero-order valence-electron chi connectivity index (χ0n) is 12.8. The lowest BCUT2D eigenvalue weighted by Gasteiger charge is -2.26. The number of carbonyl (C=O) groups is 1. The fraction of sp³-hybridized carbons (Fsp3) is 0.714. The molecule has 1 saturated carbocycles. The number of carbonyl (C=O) groups excluding carboxylic acids is 1. The fourth-order valence-corrected chi connectivity index (χ4v) is 3.35. The summed E-state index contributed by atoms with van der Waals surface area (Å²) in [6.45, 7) is 6.50. The highest BCUT2D eigenvalue weighted by atomic mass is 35.5. The van der Waals surface area contributed by atoms with Gasteiger partial charge in [0.05, 0.1) is 0 Å². The molecule has 0 bridgehead atoms. The van der Waals surface area contributed by atoms with Crippen molar-refractivity contribution in [3.05, 3.63) is 11.7 Å². The van der Waals surface area contributed by atoms with Crippen molar-refractivity contribution in [1.82, 2.24) is 15.0 Å². The summed E-state index contributed by atoms with van der Waals surface area (Å²) in [7, 11) is 0. The number of aromatic nitrogens is 2. The van der Waals surface area contributed by atoms with E-state index in [-0.39, 0.29) is 23.8 Å². The molecule has 1 aromatic heterocycles. The number of amides is 1. The molecule has 8 heteroatoms. The average molecular weight is 327 g/mol. The van der Waals surface area contributed by atoms with Gasteiger partial charge < -0.3 is 19.6 Å². The van der Waals surface area contributed by atoms with E-state index in [9.17, 15) is 4.79 Å². The van der Waals surface area contributed by atoms with E-state index in [0.717, 1.165) is 0 Å². The Balaban J connectivity index is 1.71. The van der Waals surface area contributed by atoms with Crippen molar-refractivity contribution in [2.24, 2.45) is 11.3 Å². The van der Waals surface area contributed by atoms with Crippen LogP contribution in [-0.2, 0) is 10.6 Å². The Bertz CT molecular complexity index is 611. The van der Waals surface area contributed by atoms with Gasteiger partial charge in [-0.05, 0) is 20.8 Å². The summed E-state index contributed by atoms with van der Waals surface area (Å²) in [5.41, 5.74) is -0.922. The standard InChI is InChI=1S/C14H19ClN4O3/c1-13(2,3)21-12(20)19-5-8-10(14(8,6-16)7-19)11-17-9(4-15)22-18-11/h6,8,10,16H,4-5,7H2,1-3H3/t8?,10-,14?/m1/s1. The first-order chi connectivity index (χ1) is 10.3. The monoisotopic (exact) mass is 326 g/mol. The lowest BCUT2D eigenvalue weighted by atomic mass is 10.1. The molecule has 2 heterocycles. The van der Waals surface area contributed by atoms with Crippen LogP contribution < -0.4 is 0 Å². The number of alkyl halides is 1. The number of likely N-dealkylation sites (tertiary alicyclic amines) is 1. The van der Waals surface area contributed by atoms with Gasteiger partial charge in [-0.15, -0.1) is 11.6 Å². The van der Waals surface area contributed by atoms with Gasteiger partial charge in [-0.1, -0.05) is 5.16 Å². The molecule has 1 amide bonds. The molecule has 0 radical (unpaired) electrons. The highest BCUT2D eigenvalue weighted by molar-refractivity contribution is 6.16. The lowest BCUT2D eigenvalue weighted by Crippen LogP contribution is -2.38. The Hall–Kier alpha value is -1.63. The summed E-state index contributed by atoms with van der Waals surface area (Å²) in [4.78, 5) is 18.0. The fourth-order valence-electron chi connectivity index (χ4n) is 3.24. The second kappa shape index (κ2) is 4.94. The maximum Gasteiger partial charge on any atom is 0.410 e. The molecule has 3 rings (SSSR count). The van der Waals surface area contributed by atoms with Gasteiger partial charge in [0, 0.05) is 36.6 Å². The molecule has 2 aliphatic rings. The first kappa shape index (κ1) is 15.3. The van der Waals surface area contributed by atoms with E-state index in [2.05, 4.69) is 10.1 Å². The van der Waals surface area contributed by atoms with Crippen LogP contribution >= 0.6 is 11.6 Å². The molecule has 1 saturated heterocycles. The number of nitrogens with one attached hydrogen (secondary N) is 1. The second-order valence-corrected chi connectivity index (χ2v) is 7.15. The summed E-state index contributed by atoms with van der Waals surface area (Å²) in [6, 6.07) is 0. The van der Waals surface area contributed by atoms with Gasteiger partial charge in [-0.25, -0.2) is 4.79 Å². The first-order valence-electron chi connectivity index (χ1n) is 7.19. The van der Waals surface area contributed by atoms with Crippen molar-refractivity contribution in [3.63, 3.8) is 0 Å². The number of hydrogen-bond donors (Lipinski definition) is 1. The molecule has 0 aromatic carbocycles. The molecule has 7 nitrogen and oxygen atoms in total. The van der Waals surface area contributed by atoms with Crippen molar-refractivity contribution in [2.75, 3.05) is 13.1 Å². The van der Waals surface area contributed by atoms with Crippen LogP contribution in [0.3, 0.4) is 0 Å². The van der Waals surface area contributed by atoms with Crippen LogP contribution in [-0.4, -0.2) is 46.0 Å². The van der Waals surface area contributed by atoms with Gasteiger partial charge in [-0.2, -0.15) is 4.98 Å². The molecule has 0 spiro atoms. The van der Waals surface area contributed by atoms with Crippen molar-refractivity contribution in [1.29, 1.82) is 5.41 Å². The normalized spacial score (nSPS) is 30.1. The number of ether oxygens (including phenoxy) is 1. The van der Waals surface area contributed by atoms with Crippen molar-refractivity contribution < 1.29 is 14.1 Å². The number of rotatable bonds is 3. The molecular weight excluding hydrogens is 308 g/mol. The minimum Gasteiger partial charge on any atom is -0.444 e. The number of fused-ring (bicyclic) bond motifs is 1. The molecule has 1 aromatic rings. The summed E-state index contributed by atoms with van der Waals surface area (Å²) in [5.74, 6) is 1.29. The highest BCUT2D eigenvalue weighted by Crippen LogP contribution is 2.66. The third kappa shape index (κ3) is 2.37. The molecule has 2 unspecified atom stereocenters. The SMILES string of the molecule is CC(C)(C)OC(=O)N1CC2[C@H](c3noc(CCl)n3)C2(C=N)C1. The molecular formula is C14H19ClN4O3. The van der Waals surface area contributed by atoms with E-state index in [1.807, 2.05) is 20.8 Å². The largest absolute Gasteiger partial charge is 0.444 e. The number of halogens is 1. The second-order valence-electron chi connectivity index (χ2n) is 6.88. The van der Waals surface area contributed by atoms with Gasteiger partial charge in [-0.3, -0.25) is 0 Å². The molecule has 1 aliphatic heterocycles. The Morgan fingerprint density at radius 1 is 1.64 bits per heavy atom. The van der Waals surface area contributed by atoms with Crippen LogP contribution in [0.2, 0.25) is 0 Å². The van der Waals surface area contributed by atoms with Crippen molar-refractivity contribution >= 4 is 23.9 Å². The predicted molar refractivity (Wildman–Crippen MR) is 79.1 cm³/mol. The van der Waals surface area contributed by atoms with Gasteiger partial charge in [0.15, 0.2) is 5.82 Å². The van der Waals surface area contributed by atoms with Crippen LogP contribution in [0.1, 0.15) is 38.4 Å². The lowest BCUT2D eigenvalue weighted by molar-refractivity contribution is 0.0265. The van der Waals surface area contributed by atoms with E-state index in [1.165, 1.54) is 6.21 Å². The summed E-state index contributed by atoms with van der Waals surface area (Å²) >= 11 is 5.67. The summed E-state index contributed by atoms with van der Waals surface area (Å²) < 4.78 is 10.4.